The molecule has 0 aliphatic carbocycles. The molecule has 0 saturated heterocycles. The number of anilines is 1. The van der Waals surface area contributed by atoms with Gasteiger partial charge in [0.15, 0.2) is 0 Å². The van der Waals surface area contributed by atoms with E-state index < -0.39 is 6.04 Å². The second kappa shape index (κ2) is 10.1. The van der Waals surface area contributed by atoms with E-state index in [2.05, 4.69) is 15.6 Å². The molecule has 2 heterocycles. The Balaban J connectivity index is 1.41. The van der Waals surface area contributed by atoms with E-state index in [1.165, 1.54) is 11.3 Å². The van der Waals surface area contributed by atoms with Crippen LogP contribution in [0.5, 0.6) is 0 Å². The molecule has 5 rings (SSSR count). The monoisotopic (exact) mass is 500 g/mol. The van der Waals surface area contributed by atoms with Crippen LogP contribution in [0.3, 0.4) is 0 Å². The van der Waals surface area contributed by atoms with Gasteiger partial charge in [-0.25, -0.2) is 4.98 Å². The Kier molecular flexibility index (Phi) is 6.61. The lowest BCUT2D eigenvalue weighted by molar-refractivity contribution is 0.0933. The van der Waals surface area contributed by atoms with Crippen molar-refractivity contribution in [1.29, 1.82) is 0 Å². The number of imidazole rings is 1. The van der Waals surface area contributed by atoms with Gasteiger partial charge in [0.1, 0.15) is 5.82 Å². The molecule has 8 heteroatoms. The van der Waals surface area contributed by atoms with Gasteiger partial charge in [0.25, 0.3) is 11.8 Å². The smallest absolute Gasteiger partial charge is 0.265 e. The molecule has 5 aromatic rings. The first-order valence-corrected chi connectivity index (χ1v) is 12.3. The van der Waals surface area contributed by atoms with Gasteiger partial charge < -0.3 is 15.6 Å². The summed E-state index contributed by atoms with van der Waals surface area (Å²) in [6.45, 7) is 0. The highest BCUT2D eigenvalue weighted by atomic mass is 35.5. The SMILES string of the molecule is O=C(N[C@@H](Cc1ccccc1)c1nc2ccccc2[nH]1)c1ccc(Cl)c(NC(=O)c2cccs2)c1. The predicted octanol–water partition coefficient (Wildman–Crippen LogP) is 6.24. The number of aromatic nitrogens is 2. The van der Waals surface area contributed by atoms with E-state index in [1.54, 1.807) is 30.3 Å². The van der Waals surface area contributed by atoms with Crippen LogP contribution in [0.15, 0.2) is 90.3 Å². The zero-order valence-electron chi connectivity index (χ0n) is 18.5. The normalized spacial score (nSPS) is 11.8. The number of hydrogen-bond acceptors (Lipinski definition) is 4. The number of para-hydroxylation sites is 2. The van der Waals surface area contributed by atoms with Crippen LogP contribution >= 0.6 is 22.9 Å². The molecule has 2 aromatic heterocycles. The molecule has 2 amide bonds. The van der Waals surface area contributed by atoms with Gasteiger partial charge in [0, 0.05) is 5.56 Å². The third-order valence-electron chi connectivity index (χ3n) is 5.55. The van der Waals surface area contributed by atoms with Gasteiger partial charge in [0.05, 0.1) is 32.7 Å². The fourth-order valence-corrected chi connectivity index (χ4v) is 4.58. The molecule has 3 N–H and O–H groups in total. The van der Waals surface area contributed by atoms with Crippen LogP contribution in [0.25, 0.3) is 11.0 Å². The Bertz CT molecular complexity index is 1450. The average molecular weight is 501 g/mol. The number of halogens is 1. The highest BCUT2D eigenvalue weighted by Gasteiger charge is 2.21. The van der Waals surface area contributed by atoms with Gasteiger partial charge in [-0.3, -0.25) is 9.59 Å². The Morgan fingerprint density at radius 1 is 0.943 bits per heavy atom. The Morgan fingerprint density at radius 3 is 2.51 bits per heavy atom. The molecule has 1 atom stereocenters. The number of aromatic amines is 1. The van der Waals surface area contributed by atoms with Crippen molar-refractivity contribution in [2.24, 2.45) is 0 Å². The van der Waals surface area contributed by atoms with Gasteiger partial charge >= 0.3 is 0 Å². The maximum absolute atomic E-state index is 13.3. The van der Waals surface area contributed by atoms with Crippen LogP contribution in [0.2, 0.25) is 5.02 Å². The second-order valence-corrected chi connectivity index (χ2v) is 9.34. The molecule has 0 aliphatic rings. The summed E-state index contributed by atoms with van der Waals surface area (Å²) in [7, 11) is 0. The van der Waals surface area contributed by atoms with E-state index in [-0.39, 0.29) is 11.8 Å². The molecule has 0 aliphatic heterocycles. The quantitative estimate of drug-likeness (QED) is 0.247. The minimum absolute atomic E-state index is 0.274. The van der Waals surface area contributed by atoms with Crippen LogP contribution in [-0.2, 0) is 6.42 Å². The van der Waals surface area contributed by atoms with Crippen LogP contribution < -0.4 is 10.6 Å². The van der Waals surface area contributed by atoms with Crippen molar-refractivity contribution in [3.8, 4) is 0 Å². The number of hydrogen-bond donors (Lipinski definition) is 3. The van der Waals surface area contributed by atoms with Crippen molar-refractivity contribution in [2.45, 2.75) is 12.5 Å². The number of fused-ring (bicyclic) bond motifs is 1. The molecule has 0 saturated carbocycles. The van der Waals surface area contributed by atoms with Crippen molar-refractivity contribution in [3.63, 3.8) is 0 Å². The zero-order chi connectivity index (χ0) is 24.2. The Labute approximate surface area is 211 Å². The number of nitrogens with zero attached hydrogens (tertiary/aromatic N) is 1. The Morgan fingerprint density at radius 2 is 1.74 bits per heavy atom. The lowest BCUT2D eigenvalue weighted by atomic mass is 10.0. The summed E-state index contributed by atoms with van der Waals surface area (Å²) in [6.07, 6.45) is 0.558. The molecule has 35 heavy (non-hydrogen) atoms. The summed E-state index contributed by atoms with van der Waals surface area (Å²) in [6, 6.07) is 25.6. The number of benzene rings is 3. The summed E-state index contributed by atoms with van der Waals surface area (Å²) in [5.41, 5.74) is 3.56. The first-order chi connectivity index (χ1) is 17.1. The van der Waals surface area contributed by atoms with Gasteiger partial charge in [-0.1, -0.05) is 60.1 Å². The molecular formula is C27H21ClN4O2S. The van der Waals surface area contributed by atoms with E-state index in [0.29, 0.717) is 33.4 Å². The number of H-pyrrole nitrogens is 1. The third-order valence-corrected chi connectivity index (χ3v) is 6.75. The van der Waals surface area contributed by atoms with Gasteiger partial charge in [-0.2, -0.15) is 0 Å². The standard InChI is InChI=1S/C27H21ClN4O2S/c28-19-13-12-18(16-22(19)31-27(34)24-11-6-14-35-24)26(33)32-23(15-17-7-2-1-3-8-17)25-29-20-9-4-5-10-21(20)30-25/h1-14,16,23H,15H2,(H,29,30)(H,31,34)(H,32,33)/t23-/m0/s1. The first kappa shape index (κ1) is 22.8. The highest BCUT2D eigenvalue weighted by molar-refractivity contribution is 7.12. The molecule has 174 valence electrons. The fraction of sp³-hybridized carbons (Fsp3) is 0.0741. The third kappa shape index (κ3) is 5.26. The number of thiophene rings is 1. The van der Waals surface area contributed by atoms with Crippen molar-refractivity contribution in [2.75, 3.05) is 5.32 Å². The maximum Gasteiger partial charge on any atom is 0.265 e. The van der Waals surface area contributed by atoms with E-state index in [0.717, 1.165) is 16.6 Å². The van der Waals surface area contributed by atoms with E-state index >= 15 is 0 Å². The Hall–Kier alpha value is -3.94. The molecule has 6 nitrogen and oxygen atoms in total. The van der Waals surface area contributed by atoms with E-state index in [1.807, 2.05) is 60.0 Å². The number of carbonyl (C=O) groups is 2. The summed E-state index contributed by atoms with van der Waals surface area (Å²) in [5.74, 6) is 0.0990. The number of carbonyl (C=O) groups excluding carboxylic acids is 2. The van der Waals surface area contributed by atoms with Crippen molar-refractivity contribution < 1.29 is 9.59 Å². The highest BCUT2D eigenvalue weighted by Crippen LogP contribution is 2.26. The summed E-state index contributed by atoms with van der Waals surface area (Å²) in [5, 5.41) is 8.07. The molecule has 0 unspecified atom stereocenters. The first-order valence-electron chi connectivity index (χ1n) is 11.0. The molecule has 0 spiro atoms. The van der Waals surface area contributed by atoms with E-state index in [9.17, 15) is 9.59 Å². The number of amides is 2. The molecular weight excluding hydrogens is 480 g/mol. The van der Waals surface area contributed by atoms with E-state index in [4.69, 9.17) is 16.6 Å². The van der Waals surface area contributed by atoms with Crippen molar-refractivity contribution in [1.82, 2.24) is 15.3 Å². The fourth-order valence-electron chi connectivity index (χ4n) is 3.80. The number of nitrogens with one attached hydrogen (secondary N) is 3. The lowest BCUT2D eigenvalue weighted by Crippen LogP contribution is -2.31. The minimum Gasteiger partial charge on any atom is -0.342 e. The van der Waals surface area contributed by atoms with Gasteiger partial charge in [-0.15, -0.1) is 11.3 Å². The van der Waals surface area contributed by atoms with Crippen molar-refractivity contribution in [3.05, 3.63) is 117 Å². The summed E-state index contributed by atoms with van der Waals surface area (Å²) < 4.78 is 0. The molecule has 3 aromatic carbocycles. The largest absolute Gasteiger partial charge is 0.342 e. The van der Waals surface area contributed by atoms with Crippen LogP contribution in [0.4, 0.5) is 5.69 Å². The topological polar surface area (TPSA) is 86.9 Å². The van der Waals surface area contributed by atoms with Crippen LogP contribution in [0, 0.1) is 0 Å². The van der Waals surface area contributed by atoms with Crippen molar-refractivity contribution >= 4 is 51.5 Å². The minimum atomic E-state index is -0.392. The summed E-state index contributed by atoms with van der Waals surface area (Å²) in [4.78, 5) is 34.4. The second-order valence-electron chi connectivity index (χ2n) is 7.98. The van der Waals surface area contributed by atoms with Crippen LogP contribution in [-0.4, -0.2) is 21.8 Å². The maximum atomic E-state index is 13.3. The molecule has 0 bridgehead atoms. The van der Waals surface area contributed by atoms with Gasteiger partial charge in [-0.05, 0) is 53.8 Å². The zero-order valence-corrected chi connectivity index (χ0v) is 20.1. The predicted molar refractivity (Wildman–Crippen MR) is 140 cm³/mol. The molecule has 0 radical (unpaired) electrons. The number of rotatable bonds is 7. The van der Waals surface area contributed by atoms with Gasteiger partial charge in [0.2, 0.25) is 0 Å². The molecule has 0 fully saturated rings. The summed E-state index contributed by atoms with van der Waals surface area (Å²) >= 11 is 7.63. The van der Waals surface area contributed by atoms with Crippen LogP contribution in [0.1, 0.15) is 37.5 Å². The average Bonchev–Trinajstić information content (AvgIpc) is 3.56. The lowest BCUT2D eigenvalue weighted by Gasteiger charge is -2.18.